The van der Waals surface area contributed by atoms with Crippen LogP contribution in [0.4, 0.5) is 35.1 Å². The highest BCUT2D eigenvalue weighted by molar-refractivity contribution is 5.84. The lowest BCUT2D eigenvalue weighted by molar-refractivity contribution is -0.327. The van der Waals surface area contributed by atoms with Crippen LogP contribution in [0.3, 0.4) is 0 Å². The Balaban J connectivity index is 5.22. The minimum absolute atomic E-state index is 0.427. The second-order valence-corrected chi connectivity index (χ2v) is 4.18. The van der Waals surface area contributed by atoms with Gasteiger partial charge in [0, 0.05) is 6.54 Å². The van der Waals surface area contributed by atoms with Crippen molar-refractivity contribution >= 4 is 5.91 Å². The number of halogens is 8. The first-order valence-electron chi connectivity index (χ1n) is 4.98. The summed E-state index contributed by atoms with van der Waals surface area (Å²) in [5, 5.41) is 1.29. The van der Waals surface area contributed by atoms with Crippen molar-refractivity contribution in [1.82, 2.24) is 5.32 Å². The zero-order valence-electron chi connectivity index (χ0n) is 9.79. The fourth-order valence-corrected chi connectivity index (χ4v) is 0.897. The fourth-order valence-electron chi connectivity index (χ4n) is 0.897. The maximum atomic E-state index is 12.9. The first-order chi connectivity index (χ1) is 8.28. The number of hydrogen-bond acceptors (Lipinski definition) is 1. The molecule has 0 rings (SSSR count). The van der Waals surface area contributed by atoms with E-state index in [1.165, 1.54) is 19.2 Å². The lowest BCUT2D eigenvalue weighted by Gasteiger charge is -2.31. The Labute approximate surface area is 103 Å². The van der Waals surface area contributed by atoms with Crippen LogP contribution in [0.1, 0.15) is 13.8 Å². The van der Waals surface area contributed by atoms with E-state index in [9.17, 15) is 39.9 Å². The van der Waals surface area contributed by atoms with Gasteiger partial charge in [0.15, 0.2) is 0 Å². The number of amides is 1. The standard InChI is InChI=1S/C9H11F8NO/c1-4(2)3-18-6(19)8(14,15)9(16,17)7(12,13)5(10)11/h4-5H,3H2,1-2H3,(H,18,19). The van der Waals surface area contributed by atoms with Gasteiger partial charge in [-0.05, 0) is 5.92 Å². The molecule has 0 aliphatic heterocycles. The smallest absolute Gasteiger partial charge is 0.350 e. The third-order valence-electron chi connectivity index (χ3n) is 2.04. The minimum atomic E-state index is -6.50. The summed E-state index contributed by atoms with van der Waals surface area (Å²) in [6.07, 6.45) is -5.04. The summed E-state index contributed by atoms with van der Waals surface area (Å²) < 4.78 is 99.7. The number of nitrogens with one attached hydrogen (secondary N) is 1. The first kappa shape index (κ1) is 17.9. The summed E-state index contributed by atoms with van der Waals surface area (Å²) in [6, 6.07) is 0. The van der Waals surface area contributed by atoms with Gasteiger partial charge in [0.2, 0.25) is 0 Å². The molecule has 1 N–H and O–H groups in total. The topological polar surface area (TPSA) is 29.1 Å². The molecule has 1 amide bonds. The van der Waals surface area contributed by atoms with Crippen LogP contribution in [0, 0.1) is 5.92 Å². The molecule has 0 unspecified atom stereocenters. The van der Waals surface area contributed by atoms with E-state index in [-0.39, 0.29) is 0 Å². The predicted octanol–water partition coefficient (Wildman–Crippen LogP) is 2.93. The monoisotopic (exact) mass is 301 g/mol. The van der Waals surface area contributed by atoms with Gasteiger partial charge in [-0.15, -0.1) is 0 Å². The lowest BCUT2D eigenvalue weighted by atomic mass is 10.0. The van der Waals surface area contributed by atoms with Crippen LogP contribution in [0.5, 0.6) is 0 Å². The Bertz CT molecular complexity index is 328. The molecule has 19 heavy (non-hydrogen) atoms. The average molecular weight is 301 g/mol. The molecule has 0 aliphatic rings. The molecular formula is C9H11F8NO. The zero-order chi connectivity index (χ0) is 15.6. The van der Waals surface area contributed by atoms with Crippen molar-refractivity contribution in [2.75, 3.05) is 6.54 Å². The highest BCUT2D eigenvalue weighted by atomic mass is 19.4. The highest BCUT2D eigenvalue weighted by Gasteiger charge is 2.78. The summed E-state index contributed by atoms with van der Waals surface area (Å²) in [5.74, 6) is -21.9. The van der Waals surface area contributed by atoms with Crippen LogP contribution >= 0.6 is 0 Å². The summed E-state index contributed by atoms with van der Waals surface area (Å²) in [5.41, 5.74) is 0. The third-order valence-corrected chi connectivity index (χ3v) is 2.04. The Kier molecular flexibility index (Phi) is 5.18. The molecule has 0 atom stereocenters. The second-order valence-electron chi connectivity index (χ2n) is 4.18. The first-order valence-corrected chi connectivity index (χ1v) is 4.98. The van der Waals surface area contributed by atoms with E-state index in [0.29, 0.717) is 0 Å². The SMILES string of the molecule is CC(C)CNC(=O)C(F)(F)C(F)(F)C(F)(F)C(F)F. The van der Waals surface area contributed by atoms with Crippen LogP contribution in [-0.2, 0) is 4.79 Å². The third kappa shape index (κ3) is 3.27. The van der Waals surface area contributed by atoms with Crippen LogP contribution in [0.15, 0.2) is 0 Å². The second kappa shape index (κ2) is 5.49. The molecule has 0 bridgehead atoms. The van der Waals surface area contributed by atoms with Crippen LogP contribution in [-0.4, -0.2) is 36.6 Å². The van der Waals surface area contributed by atoms with E-state index >= 15 is 0 Å². The maximum absolute atomic E-state index is 12.9. The van der Waals surface area contributed by atoms with E-state index in [4.69, 9.17) is 0 Å². The molecule has 0 spiro atoms. The van der Waals surface area contributed by atoms with Crippen molar-refractivity contribution in [3.63, 3.8) is 0 Å². The van der Waals surface area contributed by atoms with Crippen molar-refractivity contribution in [3.8, 4) is 0 Å². The number of hydrogen-bond donors (Lipinski definition) is 1. The van der Waals surface area contributed by atoms with E-state index in [1.54, 1.807) is 0 Å². The summed E-state index contributed by atoms with van der Waals surface area (Å²) in [4.78, 5) is 10.8. The summed E-state index contributed by atoms with van der Waals surface area (Å²) >= 11 is 0. The van der Waals surface area contributed by atoms with E-state index in [2.05, 4.69) is 0 Å². The van der Waals surface area contributed by atoms with Crippen molar-refractivity contribution in [2.45, 2.75) is 38.0 Å². The fraction of sp³-hybridized carbons (Fsp3) is 0.889. The number of alkyl halides is 8. The van der Waals surface area contributed by atoms with E-state index in [0.717, 1.165) is 0 Å². The summed E-state index contributed by atoms with van der Waals surface area (Å²) in [7, 11) is 0. The molecule has 0 saturated carbocycles. The zero-order valence-corrected chi connectivity index (χ0v) is 9.79. The van der Waals surface area contributed by atoms with Crippen molar-refractivity contribution in [2.24, 2.45) is 5.92 Å². The van der Waals surface area contributed by atoms with Crippen molar-refractivity contribution in [3.05, 3.63) is 0 Å². The molecule has 0 radical (unpaired) electrons. The Morgan fingerprint density at radius 2 is 1.47 bits per heavy atom. The molecule has 0 aromatic carbocycles. The maximum Gasteiger partial charge on any atom is 0.392 e. The number of rotatable bonds is 6. The van der Waals surface area contributed by atoms with Crippen LogP contribution in [0.2, 0.25) is 0 Å². The van der Waals surface area contributed by atoms with Gasteiger partial charge in [-0.2, -0.15) is 26.3 Å². The highest BCUT2D eigenvalue weighted by Crippen LogP contribution is 2.48. The van der Waals surface area contributed by atoms with E-state index < -0.39 is 42.6 Å². The number of carbonyl (C=O) groups is 1. The summed E-state index contributed by atoms with van der Waals surface area (Å²) in [6.45, 7) is 2.35. The average Bonchev–Trinajstić information content (AvgIpc) is 2.24. The number of carbonyl (C=O) groups excluding carboxylic acids is 1. The molecule has 0 saturated heterocycles. The van der Waals surface area contributed by atoms with Crippen LogP contribution < -0.4 is 5.32 Å². The quantitative estimate of drug-likeness (QED) is 0.751. The van der Waals surface area contributed by atoms with Gasteiger partial charge < -0.3 is 5.32 Å². The largest absolute Gasteiger partial charge is 0.392 e. The molecular weight excluding hydrogens is 290 g/mol. The van der Waals surface area contributed by atoms with Gasteiger partial charge in [-0.3, -0.25) is 4.79 Å². The lowest BCUT2D eigenvalue weighted by Crippen LogP contribution is -2.63. The van der Waals surface area contributed by atoms with E-state index in [1.807, 2.05) is 0 Å². The van der Waals surface area contributed by atoms with Gasteiger partial charge in [-0.25, -0.2) is 8.78 Å². The van der Waals surface area contributed by atoms with Gasteiger partial charge >= 0.3 is 24.2 Å². The Morgan fingerprint density at radius 1 is 1.05 bits per heavy atom. The molecule has 0 fully saturated rings. The molecule has 0 aliphatic carbocycles. The minimum Gasteiger partial charge on any atom is -0.350 e. The Morgan fingerprint density at radius 3 is 1.79 bits per heavy atom. The predicted molar refractivity (Wildman–Crippen MR) is 48.7 cm³/mol. The molecule has 10 heteroatoms. The molecule has 0 heterocycles. The Hall–Kier alpha value is -1.09. The van der Waals surface area contributed by atoms with Gasteiger partial charge in [0.25, 0.3) is 5.91 Å². The van der Waals surface area contributed by atoms with Crippen LogP contribution in [0.25, 0.3) is 0 Å². The normalized spacial score (nSPS) is 14.1. The van der Waals surface area contributed by atoms with Gasteiger partial charge in [0.1, 0.15) is 0 Å². The van der Waals surface area contributed by atoms with Gasteiger partial charge in [0.05, 0.1) is 0 Å². The molecule has 0 aromatic rings. The molecule has 2 nitrogen and oxygen atoms in total. The van der Waals surface area contributed by atoms with Crippen molar-refractivity contribution in [1.29, 1.82) is 0 Å². The van der Waals surface area contributed by atoms with Gasteiger partial charge in [-0.1, -0.05) is 13.8 Å². The van der Waals surface area contributed by atoms with Crippen molar-refractivity contribution < 1.29 is 39.9 Å². The molecule has 114 valence electrons. The molecule has 0 aromatic heterocycles.